The number of hydrogen-bond donors (Lipinski definition) is 0. The highest BCUT2D eigenvalue weighted by molar-refractivity contribution is 6.24. The smallest absolute Gasteiger partial charge is 0.266 e. The second kappa shape index (κ2) is 9.19. The van der Waals surface area contributed by atoms with Crippen LogP contribution in [0.25, 0.3) is 0 Å². The van der Waals surface area contributed by atoms with Crippen LogP contribution in [0.2, 0.25) is 0 Å². The molecule has 34 heavy (non-hydrogen) atoms. The Morgan fingerprint density at radius 3 is 2.26 bits per heavy atom. The Hall–Kier alpha value is -3.84. The first-order chi connectivity index (χ1) is 16.6. The predicted molar refractivity (Wildman–Crippen MR) is 128 cm³/mol. The molecule has 0 spiro atoms. The minimum atomic E-state index is -0.932. The predicted octanol–water partition coefficient (Wildman–Crippen LogP) is 4.54. The molecule has 3 aromatic carbocycles. The van der Waals surface area contributed by atoms with E-state index in [1.165, 1.54) is 4.90 Å². The fourth-order valence-electron chi connectivity index (χ4n) is 4.61. The van der Waals surface area contributed by atoms with Crippen molar-refractivity contribution >= 4 is 23.2 Å². The van der Waals surface area contributed by atoms with Gasteiger partial charge in [0.15, 0.2) is 6.10 Å². The number of benzene rings is 3. The molecule has 174 valence electrons. The van der Waals surface area contributed by atoms with Gasteiger partial charge in [0.05, 0.1) is 31.1 Å². The average molecular weight is 459 g/mol. The summed E-state index contributed by atoms with van der Waals surface area (Å²) in [6, 6.07) is 23.5. The number of nitrogens with zero attached hydrogens (tertiary/aromatic N) is 2. The summed E-state index contributed by atoms with van der Waals surface area (Å²) in [6.45, 7) is 2.64. The second-order valence-corrected chi connectivity index (χ2v) is 8.25. The number of hydrogen-bond acceptors (Lipinski definition) is 6. The third kappa shape index (κ3) is 3.68. The number of ether oxygens (including phenoxy) is 2. The number of rotatable bonds is 7. The maximum atomic E-state index is 13.7. The van der Waals surface area contributed by atoms with Gasteiger partial charge in [0.2, 0.25) is 5.91 Å². The van der Waals surface area contributed by atoms with Crippen molar-refractivity contribution in [2.75, 3.05) is 23.7 Å². The van der Waals surface area contributed by atoms with Gasteiger partial charge in [-0.1, -0.05) is 43.3 Å². The molecule has 0 radical (unpaired) electrons. The Labute approximate surface area is 198 Å². The van der Waals surface area contributed by atoms with E-state index in [1.54, 1.807) is 36.4 Å². The second-order valence-electron chi connectivity index (χ2n) is 8.25. The first kappa shape index (κ1) is 22.0. The van der Waals surface area contributed by atoms with E-state index in [-0.39, 0.29) is 11.8 Å². The average Bonchev–Trinajstić information content (AvgIpc) is 3.39. The van der Waals surface area contributed by atoms with Gasteiger partial charge >= 0.3 is 0 Å². The molecule has 0 N–H and O–H groups in total. The lowest BCUT2D eigenvalue weighted by Gasteiger charge is -2.29. The molecule has 7 heteroatoms. The van der Waals surface area contributed by atoms with Crippen molar-refractivity contribution in [2.24, 2.45) is 5.92 Å². The lowest BCUT2D eigenvalue weighted by molar-refractivity contribution is -0.126. The van der Waals surface area contributed by atoms with Crippen molar-refractivity contribution < 1.29 is 23.9 Å². The summed E-state index contributed by atoms with van der Waals surface area (Å²) in [7, 11) is 1.59. The molecule has 3 atom stereocenters. The number of carbonyl (C=O) groups is 2. The van der Waals surface area contributed by atoms with Crippen molar-refractivity contribution in [3.63, 3.8) is 0 Å². The van der Waals surface area contributed by atoms with Gasteiger partial charge in [-0.25, -0.2) is 9.96 Å². The third-order valence-corrected chi connectivity index (χ3v) is 6.15. The van der Waals surface area contributed by atoms with Crippen LogP contribution in [0.1, 0.15) is 24.9 Å². The number of amides is 2. The van der Waals surface area contributed by atoms with Crippen molar-refractivity contribution in [2.45, 2.75) is 25.5 Å². The molecule has 0 aliphatic carbocycles. The standard InChI is InChI=1S/C27H26N2O5/c1-3-17-33-20-15-13-18(14-16-20)28-26(30)23-24(21-11-7-8-12-22(21)32-2)29(34-25(23)27(28)31)19-9-5-4-6-10-19/h4-16,23-25H,3,17H2,1-2H3/t23-,24-,25+/m1/s1. The summed E-state index contributed by atoms with van der Waals surface area (Å²) in [4.78, 5) is 34.6. The van der Waals surface area contributed by atoms with Crippen molar-refractivity contribution in [1.82, 2.24) is 0 Å². The molecule has 0 bridgehead atoms. The molecule has 0 saturated carbocycles. The number of methoxy groups -OCH3 is 1. The molecule has 2 aliphatic rings. The lowest BCUT2D eigenvalue weighted by atomic mass is 9.90. The van der Waals surface area contributed by atoms with Gasteiger partial charge < -0.3 is 9.47 Å². The van der Waals surface area contributed by atoms with E-state index in [0.717, 1.165) is 17.7 Å². The molecule has 0 unspecified atom stereocenters. The maximum Gasteiger partial charge on any atom is 0.266 e. The van der Waals surface area contributed by atoms with E-state index in [2.05, 4.69) is 0 Å². The molecule has 5 rings (SSSR count). The first-order valence-electron chi connectivity index (χ1n) is 11.4. The van der Waals surface area contributed by atoms with Gasteiger partial charge in [-0.15, -0.1) is 0 Å². The van der Waals surface area contributed by atoms with E-state index >= 15 is 0 Å². The summed E-state index contributed by atoms with van der Waals surface area (Å²) < 4.78 is 11.2. The topological polar surface area (TPSA) is 68.3 Å². The van der Waals surface area contributed by atoms with Crippen molar-refractivity contribution in [3.05, 3.63) is 84.4 Å². The quantitative estimate of drug-likeness (QED) is 0.485. The molecular formula is C27H26N2O5. The number of imide groups is 1. The Balaban J connectivity index is 1.52. The molecule has 2 aliphatic heterocycles. The Kier molecular flexibility index (Phi) is 5.94. The van der Waals surface area contributed by atoms with Crippen molar-refractivity contribution in [3.8, 4) is 11.5 Å². The molecule has 0 aromatic heterocycles. The van der Waals surface area contributed by atoms with E-state index in [1.807, 2.05) is 61.5 Å². The van der Waals surface area contributed by atoms with Crippen LogP contribution in [0.15, 0.2) is 78.9 Å². The van der Waals surface area contributed by atoms with Crippen LogP contribution in [0, 0.1) is 5.92 Å². The van der Waals surface area contributed by atoms with Crippen LogP contribution >= 0.6 is 0 Å². The van der Waals surface area contributed by atoms with Gasteiger partial charge in [-0.3, -0.25) is 14.4 Å². The minimum Gasteiger partial charge on any atom is -0.496 e. The first-order valence-corrected chi connectivity index (χ1v) is 11.4. The number of para-hydroxylation sites is 2. The van der Waals surface area contributed by atoms with Crippen LogP contribution in [0.3, 0.4) is 0 Å². The Morgan fingerprint density at radius 2 is 1.56 bits per heavy atom. The molecule has 2 saturated heterocycles. The van der Waals surface area contributed by atoms with Gasteiger partial charge in [0.25, 0.3) is 5.91 Å². The van der Waals surface area contributed by atoms with Crippen LogP contribution in [0.5, 0.6) is 11.5 Å². The van der Waals surface area contributed by atoms with Gasteiger partial charge in [0, 0.05) is 5.56 Å². The zero-order valence-corrected chi connectivity index (χ0v) is 19.1. The van der Waals surface area contributed by atoms with E-state index in [4.69, 9.17) is 14.3 Å². The molecule has 2 heterocycles. The summed E-state index contributed by atoms with van der Waals surface area (Å²) in [5, 5.41) is 1.67. The van der Waals surface area contributed by atoms with E-state index in [9.17, 15) is 9.59 Å². The third-order valence-electron chi connectivity index (χ3n) is 6.15. The summed E-state index contributed by atoms with van der Waals surface area (Å²) in [5.74, 6) is -0.0701. The van der Waals surface area contributed by atoms with Gasteiger partial charge in [0.1, 0.15) is 17.4 Å². The Bertz CT molecular complexity index is 1180. The zero-order chi connectivity index (χ0) is 23.7. The molecule has 3 aromatic rings. The van der Waals surface area contributed by atoms with Crippen molar-refractivity contribution in [1.29, 1.82) is 0 Å². The molecule has 7 nitrogen and oxygen atoms in total. The van der Waals surface area contributed by atoms with Gasteiger partial charge in [-0.2, -0.15) is 0 Å². The molecular weight excluding hydrogens is 432 g/mol. The van der Waals surface area contributed by atoms with Gasteiger partial charge in [-0.05, 0) is 48.9 Å². The highest BCUT2D eigenvalue weighted by Gasteiger charge is 2.60. The number of anilines is 2. The lowest BCUT2D eigenvalue weighted by Crippen LogP contribution is -2.37. The largest absolute Gasteiger partial charge is 0.496 e. The monoisotopic (exact) mass is 458 g/mol. The molecule has 2 amide bonds. The summed E-state index contributed by atoms with van der Waals surface area (Å²) in [5.41, 5.74) is 2.05. The van der Waals surface area contributed by atoms with E-state index < -0.39 is 18.1 Å². The SMILES string of the molecule is CCCOc1ccc(N2C(=O)[C@H]3[C@H](ON(c4ccccc4)[C@@H]3c3ccccc3OC)C2=O)cc1. The normalized spacial score (nSPS) is 21.6. The zero-order valence-electron chi connectivity index (χ0n) is 19.1. The van der Waals surface area contributed by atoms with Crippen LogP contribution in [-0.2, 0) is 14.4 Å². The molecule has 2 fully saturated rings. The van der Waals surface area contributed by atoms with Crippen LogP contribution in [-0.4, -0.2) is 31.6 Å². The summed E-state index contributed by atoms with van der Waals surface area (Å²) in [6.07, 6.45) is -0.0352. The highest BCUT2D eigenvalue weighted by atomic mass is 16.7. The number of carbonyl (C=O) groups excluding carboxylic acids is 2. The van der Waals surface area contributed by atoms with E-state index in [0.29, 0.717) is 23.8 Å². The maximum absolute atomic E-state index is 13.7. The number of fused-ring (bicyclic) bond motifs is 1. The number of hydroxylamine groups is 1. The van der Waals surface area contributed by atoms with Crippen LogP contribution in [0.4, 0.5) is 11.4 Å². The minimum absolute atomic E-state index is 0.299. The highest BCUT2D eigenvalue weighted by Crippen LogP contribution is 2.49. The Morgan fingerprint density at radius 1 is 0.853 bits per heavy atom. The summed E-state index contributed by atoms with van der Waals surface area (Å²) >= 11 is 0. The fourth-order valence-corrected chi connectivity index (χ4v) is 4.61. The fraction of sp³-hybridized carbons (Fsp3) is 0.259. The van der Waals surface area contributed by atoms with Crippen LogP contribution < -0.4 is 19.4 Å².